The van der Waals surface area contributed by atoms with Crippen molar-refractivity contribution in [2.24, 2.45) is 0 Å². The smallest absolute Gasteiger partial charge is 0.300 e. The molecule has 2 N–H and O–H groups in total. The monoisotopic (exact) mass is 512 g/mol. The van der Waals surface area contributed by atoms with Crippen molar-refractivity contribution < 1.29 is 19.8 Å². The lowest BCUT2D eigenvalue weighted by Gasteiger charge is -2.27. The first-order valence-corrected chi connectivity index (χ1v) is 13.0. The molecule has 1 aliphatic heterocycles. The standard InChI is InChI=1S/C32H36N2O4/c1-7-33(8-2)23-13-15-24(16-14-23)34-28(21-10-17-25(35)18-11-21)27(30(37)31(34)38)29(36)26-19-22(32(4,5)6)12-9-20(26)3/h9-19,28,35-36H,7-8H2,1-6H3/b29-27+. The molecule has 38 heavy (non-hydrogen) atoms. The van der Waals surface area contributed by atoms with Gasteiger partial charge in [0.05, 0.1) is 11.6 Å². The second kappa shape index (κ2) is 10.4. The van der Waals surface area contributed by atoms with Gasteiger partial charge in [-0.2, -0.15) is 0 Å². The quantitative estimate of drug-likeness (QED) is 0.225. The molecule has 1 saturated heterocycles. The molecule has 3 aromatic rings. The fraction of sp³-hybridized carbons (Fsp3) is 0.312. The van der Waals surface area contributed by atoms with Crippen molar-refractivity contribution in [1.29, 1.82) is 0 Å². The van der Waals surface area contributed by atoms with Crippen molar-refractivity contribution in [2.75, 3.05) is 22.9 Å². The summed E-state index contributed by atoms with van der Waals surface area (Å²) in [7, 11) is 0. The lowest BCUT2D eigenvalue weighted by molar-refractivity contribution is -0.132. The Morgan fingerprint density at radius 2 is 1.53 bits per heavy atom. The number of aliphatic hydroxyl groups excluding tert-OH is 1. The maximum absolute atomic E-state index is 13.5. The predicted molar refractivity (Wildman–Crippen MR) is 153 cm³/mol. The van der Waals surface area contributed by atoms with Crippen LogP contribution >= 0.6 is 0 Å². The van der Waals surface area contributed by atoms with Gasteiger partial charge in [-0.15, -0.1) is 0 Å². The maximum atomic E-state index is 13.5. The Balaban J connectivity index is 1.91. The van der Waals surface area contributed by atoms with Gasteiger partial charge in [0.1, 0.15) is 11.5 Å². The molecule has 198 valence electrons. The van der Waals surface area contributed by atoms with Gasteiger partial charge in [0.15, 0.2) is 0 Å². The largest absolute Gasteiger partial charge is 0.508 e. The SMILES string of the molecule is CCN(CC)c1ccc(N2C(=O)C(=O)/C(=C(/O)c3cc(C(C)(C)C)ccc3C)C2c2ccc(O)cc2)cc1. The van der Waals surface area contributed by atoms with Gasteiger partial charge in [-0.1, -0.05) is 45.0 Å². The minimum Gasteiger partial charge on any atom is -0.508 e. The highest BCUT2D eigenvalue weighted by molar-refractivity contribution is 6.51. The van der Waals surface area contributed by atoms with Crippen molar-refractivity contribution in [3.8, 4) is 5.75 Å². The molecule has 1 aliphatic rings. The fourth-order valence-electron chi connectivity index (χ4n) is 4.97. The van der Waals surface area contributed by atoms with E-state index in [0.29, 0.717) is 16.8 Å². The number of phenolic OH excluding ortho intramolecular Hbond substituents is 1. The van der Waals surface area contributed by atoms with E-state index < -0.39 is 17.7 Å². The summed E-state index contributed by atoms with van der Waals surface area (Å²) in [5.41, 5.74) is 4.38. The molecular formula is C32H36N2O4. The number of aryl methyl sites for hydroxylation is 1. The summed E-state index contributed by atoms with van der Waals surface area (Å²) in [5.74, 6) is -1.57. The molecule has 1 heterocycles. The summed E-state index contributed by atoms with van der Waals surface area (Å²) in [5, 5.41) is 21.5. The van der Waals surface area contributed by atoms with Crippen LogP contribution in [-0.2, 0) is 15.0 Å². The summed E-state index contributed by atoms with van der Waals surface area (Å²) in [6.45, 7) is 14.0. The lowest BCUT2D eigenvalue weighted by Crippen LogP contribution is -2.29. The van der Waals surface area contributed by atoms with Crippen LogP contribution in [0.5, 0.6) is 5.75 Å². The van der Waals surface area contributed by atoms with Gasteiger partial charge < -0.3 is 15.1 Å². The molecule has 0 aliphatic carbocycles. The average molecular weight is 513 g/mol. The van der Waals surface area contributed by atoms with E-state index in [2.05, 4.69) is 39.5 Å². The van der Waals surface area contributed by atoms with Gasteiger partial charge in [-0.05, 0) is 85.3 Å². The molecule has 0 saturated carbocycles. The molecule has 6 heteroatoms. The first-order chi connectivity index (χ1) is 18.0. The fourth-order valence-corrected chi connectivity index (χ4v) is 4.97. The number of benzene rings is 3. The second-order valence-corrected chi connectivity index (χ2v) is 10.7. The van der Waals surface area contributed by atoms with Crippen LogP contribution < -0.4 is 9.80 Å². The number of nitrogens with zero attached hydrogens (tertiary/aromatic N) is 2. The average Bonchev–Trinajstić information content (AvgIpc) is 3.15. The molecule has 1 atom stereocenters. The van der Waals surface area contributed by atoms with Crippen LogP contribution in [0, 0.1) is 6.92 Å². The third-order valence-corrected chi connectivity index (χ3v) is 7.27. The highest BCUT2D eigenvalue weighted by Gasteiger charge is 2.47. The van der Waals surface area contributed by atoms with Crippen LogP contribution in [0.25, 0.3) is 5.76 Å². The van der Waals surface area contributed by atoms with Crippen molar-refractivity contribution in [1.82, 2.24) is 0 Å². The number of Topliss-reactive ketones (excluding diaryl/α,β-unsaturated/α-hetero) is 1. The van der Waals surface area contributed by atoms with E-state index in [9.17, 15) is 19.8 Å². The second-order valence-electron chi connectivity index (χ2n) is 10.7. The number of amides is 1. The van der Waals surface area contributed by atoms with Gasteiger partial charge in [0.2, 0.25) is 0 Å². The number of anilines is 2. The number of carbonyl (C=O) groups excluding carboxylic acids is 2. The number of hydrogen-bond acceptors (Lipinski definition) is 5. The molecule has 0 radical (unpaired) electrons. The molecule has 1 amide bonds. The summed E-state index contributed by atoms with van der Waals surface area (Å²) in [6, 6.07) is 18.9. The minimum absolute atomic E-state index is 0.0302. The Morgan fingerprint density at radius 3 is 2.08 bits per heavy atom. The Bertz CT molecular complexity index is 1380. The van der Waals surface area contributed by atoms with E-state index in [4.69, 9.17) is 0 Å². The van der Waals surface area contributed by atoms with Gasteiger partial charge in [-0.25, -0.2) is 0 Å². The van der Waals surface area contributed by atoms with Crippen molar-refractivity contribution in [3.05, 3.63) is 94.6 Å². The van der Waals surface area contributed by atoms with E-state index in [0.717, 1.165) is 29.9 Å². The normalized spacial score (nSPS) is 17.2. The van der Waals surface area contributed by atoms with Crippen molar-refractivity contribution >= 4 is 28.8 Å². The van der Waals surface area contributed by atoms with Crippen molar-refractivity contribution in [3.63, 3.8) is 0 Å². The van der Waals surface area contributed by atoms with Crippen LogP contribution in [0.15, 0.2) is 72.3 Å². The Morgan fingerprint density at radius 1 is 0.921 bits per heavy atom. The molecule has 0 aromatic heterocycles. The Labute approximate surface area is 224 Å². The van der Waals surface area contributed by atoms with Gasteiger partial charge >= 0.3 is 0 Å². The molecule has 6 nitrogen and oxygen atoms in total. The van der Waals surface area contributed by atoms with E-state index >= 15 is 0 Å². The number of aromatic hydroxyl groups is 1. The van der Waals surface area contributed by atoms with Crippen molar-refractivity contribution in [2.45, 2.75) is 53.0 Å². The highest BCUT2D eigenvalue weighted by Crippen LogP contribution is 2.43. The third-order valence-electron chi connectivity index (χ3n) is 7.27. The van der Waals surface area contributed by atoms with Crippen LogP contribution in [0.4, 0.5) is 11.4 Å². The Kier molecular flexibility index (Phi) is 7.36. The zero-order valence-corrected chi connectivity index (χ0v) is 22.9. The zero-order valence-electron chi connectivity index (χ0n) is 22.9. The van der Waals surface area contributed by atoms with Crippen LogP contribution in [0.1, 0.15) is 62.9 Å². The third kappa shape index (κ3) is 4.91. The number of carbonyl (C=O) groups is 2. The highest BCUT2D eigenvalue weighted by atomic mass is 16.3. The summed E-state index contributed by atoms with van der Waals surface area (Å²) < 4.78 is 0. The van der Waals surface area contributed by atoms with Crippen LogP contribution in [0.3, 0.4) is 0 Å². The molecule has 0 bridgehead atoms. The van der Waals surface area contributed by atoms with Crippen LogP contribution in [-0.4, -0.2) is 35.0 Å². The van der Waals surface area contributed by atoms with E-state index in [1.54, 1.807) is 12.1 Å². The molecule has 1 fully saturated rings. The maximum Gasteiger partial charge on any atom is 0.300 e. The zero-order chi connectivity index (χ0) is 27.8. The summed E-state index contributed by atoms with van der Waals surface area (Å²) in [6.07, 6.45) is 0. The number of aliphatic hydroxyl groups is 1. The number of rotatable bonds is 6. The van der Waals surface area contributed by atoms with E-state index in [1.807, 2.05) is 49.4 Å². The van der Waals surface area contributed by atoms with E-state index in [-0.39, 0.29) is 22.5 Å². The van der Waals surface area contributed by atoms with Gasteiger partial charge in [0, 0.05) is 30.0 Å². The Hall–Kier alpha value is -4.06. The topological polar surface area (TPSA) is 81.1 Å². The van der Waals surface area contributed by atoms with E-state index in [1.165, 1.54) is 17.0 Å². The first kappa shape index (κ1) is 27.0. The number of phenols is 1. The molecule has 3 aromatic carbocycles. The predicted octanol–water partition coefficient (Wildman–Crippen LogP) is 6.47. The molecular weight excluding hydrogens is 476 g/mol. The minimum atomic E-state index is -0.854. The van der Waals surface area contributed by atoms with Crippen LogP contribution in [0.2, 0.25) is 0 Å². The summed E-state index contributed by atoms with van der Waals surface area (Å²) >= 11 is 0. The van der Waals surface area contributed by atoms with Gasteiger partial charge in [0.25, 0.3) is 11.7 Å². The number of hydrogen-bond donors (Lipinski definition) is 2. The summed E-state index contributed by atoms with van der Waals surface area (Å²) in [4.78, 5) is 30.7. The molecule has 1 unspecified atom stereocenters. The first-order valence-electron chi connectivity index (χ1n) is 13.0. The number of ketones is 1. The molecule has 4 rings (SSSR count). The van der Waals surface area contributed by atoms with Gasteiger partial charge in [-0.3, -0.25) is 14.5 Å². The lowest BCUT2D eigenvalue weighted by atomic mass is 9.84. The molecule has 0 spiro atoms.